The Bertz CT molecular complexity index is 885. The largest absolute Gasteiger partial charge is 0.485 e. The third kappa shape index (κ3) is 3.67. The predicted molar refractivity (Wildman–Crippen MR) is 88.5 cm³/mol. The molecule has 1 fully saturated rings. The molecule has 8 nitrogen and oxygen atoms in total. The van der Waals surface area contributed by atoms with Gasteiger partial charge in [0.2, 0.25) is 10.0 Å². The summed E-state index contributed by atoms with van der Waals surface area (Å²) in [6, 6.07) is 5.82. The van der Waals surface area contributed by atoms with Crippen molar-refractivity contribution in [2.75, 3.05) is 13.1 Å². The molecule has 2 heterocycles. The fraction of sp³-hybridized carbons (Fsp3) is 0.375. The van der Waals surface area contributed by atoms with E-state index < -0.39 is 15.9 Å². The second-order valence-electron chi connectivity index (χ2n) is 5.86. The molecule has 2 aromatic rings. The standard InChI is InChI=1S/C16H19N3O5S/c1-11-8-12(24-18-11)10-23-15-5-4-13(9-14(15)16(17)20)25(21,22)19-6-2-3-7-19/h4-5,8-9H,2-3,6-7,10H2,1H3,(H2,17,20). The number of aryl methyl sites for hydroxylation is 1. The van der Waals surface area contributed by atoms with E-state index in [4.69, 9.17) is 15.0 Å². The van der Waals surface area contributed by atoms with Gasteiger partial charge in [-0.2, -0.15) is 4.31 Å². The number of nitrogens with zero attached hydrogens (tertiary/aromatic N) is 2. The Kier molecular flexibility index (Phi) is 4.78. The average molecular weight is 365 g/mol. The first-order valence-electron chi connectivity index (χ1n) is 7.87. The molecule has 0 radical (unpaired) electrons. The van der Waals surface area contributed by atoms with Gasteiger partial charge in [-0.25, -0.2) is 8.42 Å². The number of sulfonamides is 1. The van der Waals surface area contributed by atoms with E-state index in [0.717, 1.165) is 12.8 Å². The van der Waals surface area contributed by atoms with Crippen LogP contribution >= 0.6 is 0 Å². The number of hydrogen-bond donors (Lipinski definition) is 1. The van der Waals surface area contributed by atoms with E-state index in [1.807, 2.05) is 0 Å². The lowest BCUT2D eigenvalue weighted by atomic mass is 10.2. The second-order valence-corrected chi connectivity index (χ2v) is 7.79. The zero-order chi connectivity index (χ0) is 18.0. The van der Waals surface area contributed by atoms with E-state index in [-0.39, 0.29) is 22.8 Å². The van der Waals surface area contributed by atoms with E-state index >= 15 is 0 Å². The van der Waals surface area contributed by atoms with Gasteiger partial charge in [0.15, 0.2) is 5.76 Å². The van der Waals surface area contributed by atoms with Crippen molar-refractivity contribution in [3.8, 4) is 5.75 Å². The number of ether oxygens (including phenoxy) is 1. The Labute approximate surface area is 145 Å². The second kappa shape index (κ2) is 6.85. The van der Waals surface area contributed by atoms with E-state index in [1.165, 1.54) is 22.5 Å². The van der Waals surface area contributed by atoms with Crippen LogP contribution in [0.4, 0.5) is 0 Å². The van der Waals surface area contributed by atoms with Crippen molar-refractivity contribution in [3.05, 3.63) is 41.3 Å². The summed E-state index contributed by atoms with van der Waals surface area (Å²) in [6.45, 7) is 2.80. The molecule has 3 rings (SSSR count). The molecule has 1 aromatic heterocycles. The van der Waals surface area contributed by atoms with Gasteiger partial charge in [0, 0.05) is 19.2 Å². The smallest absolute Gasteiger partial charge is 0.252 e. The molecule has 0 unspecified atom stereocenters. The number of primary amides is 1. The zero-order valence-electron chi connectivity index (χ0n) is 13.8. The summed E-state index contributed by atoms with van der Waals surface area (Å²) < 4.78 is 37.2. The number of carbonyl (C=O) groups excluding carboxylic acids is 1. The highest BCUT2D eigenvalue weighted by Gasteiger charge is 2.28. The fourth-order valence-electron chi connectivity index (χ4n) is 2.70. The molecule has 1 saturated heterocycles. The molecule has 1 aromatic carbocycles. The van der Waals surface area contributed by atoms with Crippen molar-refractivity contribution >= 4 is 15.9 Å². The Hall–Kier alpha value is -2.39. The zero-order valence-corrected chi connectivity index (χ0v) is 14.6. The monoisotopic (exact) mass is 365 g/mol. The van der Waals surface area contributed by atoms with Crippen molar-refractivity contribution < 1.29 is 22.5 Å². The Balaban J connectivity index is 1.86. The van der Waals surface area contributed by atoms with Gasteiger partial charge in [-0.15, -0.1) is 0 Å². The maximum Gasteiger partial charge on any atom is 0.252 e. The Morgan fingerprint density at radius 1 is 1.32 bits per heavy atom. The summed E-state index contributed by atoms with van der Waals surface area (Å²) in [5.74, 6) is -0.0779. The van der Waals surface area contributed by atoms with Crippen LogP contribution in [0.3, 0.4) is 0 Å². The fourth-order valence-corrected chi connectivity index (χ4v) is 4.24. The van der Waals surface area contributed by atoms with Crippen LogP contribution in [0.5, 0.6) is 5.75 Å². The molecule has 0 spiro atoms. The Morgan fingerprint density at radius 3 is 2.64 bits per heavy atom. The van der Waals surface area contributed by atoms with Crippen LogP contribution < -0.4 is 10.5 Å². The predicted octanol–water partition coefficient (Wildman–Crippen LogP) is 1.45. The number of hydrogen-bond acceptors (Lipinski definition) is 6. The molecule has 9 heteroatoms. The molecular formula is C16H19N3O5S. The summed E-state index contributed by atoms with van der Waals surface area (Å²) in [6.07, 6.45) is 1.67. The normalized spacial score (nSPS) is 15.4. The molecule has 134 valence electrons. The van der Waals surface area contributed by atoms with Crippen LogP contribution in [0.15, 0.2) is 33.7 Å². The molecule has 1 aliphatic rings. The minimum Gasteiger partial charge on any atom is -0.485 e. The van der Waals surface area contributed by atoms with Crippen molar-refractivity contribution in [1.82, 2.24) is 9.46 Å². The van der Waals surface area contributed by atoms with E-state index in [2.05, 4.69) is 5.16 Å². The van der Waals surface area contributed by atoms with E-state index in [9.17, 15) is 13.2 Å². The molecule has 0 atom stereocenters. The first kappa shape index (κ1) is 17.4. The van der Waals surface area contributed by atoms with Crippen molar-refractivity contribution in [2.24, 2.45) is 5.73 Å². The molecule has 1 amide bonds. The van der Waals surface area contributed by atoms with Crippen molar-refractivity contribution in [2.45, 2.75) is 31.3 Å². The van der Waals surface area contributed by atoms with Gasteiger partial charge in [-0.3, -0.25) is 4.79 Å². The van der Waals surface area contributed by atoms with E-state index in [1.54, 1.807) is 13.0 Å². The van der Waals surface area contributed by atoms with Gasteiger partial charge in [0.25, 0.3) is 5.91 Å². The van der Waals surface area contributed by atoms with Crippen LogP contribution in [0.25, 0.3) is 0 Å². The lowest BCUT2D eigenvalue weighted by Crippen LogP contribution is -2.28. The molecule has 1 aliphatic heterocycles. The number of carbonyl (C=O) groups is 1. The maximum absolute atomic E-state index is 12.6. The number of amides is 1. The summed E-state index contributed by atoms with van der Waals surface area (Å²) >= 11 is 0. The van der Waals surface area contributed by atoms with E-state index in [0.29, 0.717) is 24.5 Å². The topological polar surface area (TPSA) is 116 Å². The highest BCUT2D eigenvalue weighted by molar-refractivity contribution is 7.89. The maximum atomic E-state index is 12.6. The minimum absolute atomic E-state index is 0.0107. The van der Waals surface area contributed by atoms with Crippen LogP contribution in [-0.4, -0.2) is 36.9 Å². The van der Waals surface area contributed by atoms with Crippen molar-refractivity contribution in [1.29, 1.82) is 0 Å². The van der Waals surface area contributed by atoms with Gasteiger partial charge in [-0.05, 0) is 38.0 Å². The van der Waals surface area contributed by atoms with Crippen LogP contribution in [0.1, 0.15) is 34.7 Å². The third-order valence-corrected chi connectivity index (χ3v) is 5.86. The number of rotatable bonds is 6. The molecule has 0 bridgehead atoms. The first-order chi connectivity index (χ1) is 11.9. The molecule has 2 N–H and O–H groups in total. The average Bonchev–Trinajstić information content (AvgIpc) is 3.24. The highest BCUT2D eigenvalue weighted by Crippen LogP contribution is 2.27. The van der Waals surface area contributed by atoms with Crippen LogP contribution in [-0.2, 0) is 16.6 Å². The van der Waals surface area contributed by atoms with Crippen molar-refractivity contribution in [3.63, 3.8) is 0 Å². The van der Waals surface area contributed by atoms with Gasteiger partial charge < -0.3 is 15.0 Å². The van der Waals surface area contributed by atoms with Crippen LogP contribution in [0.2, 0.25) is 0 Å². The minimum atomic E-state index is -3.63. The quantitative estimate of drug-likeness (QED) is 0.828. The van der Waals surface area contributed by atoms with Gasteiger partial charge in [0.05, 0.1) is 16.2 Å². The summed E-state index contributed by atoms with van der Waals surface area (Å²) in [5, 5.41) is 3.75. The van der Waals surface area contributed by atoms with Gasteiger partial charge >= 0.3 is 0 Å². The SMILES string of the molecule is Cc1cc(COc2ccc(S(=O)(=O)N3CCCC3)cc2C(N)=O)on1. The molecule has 0 saturated carbocycles. The summed E-state index contributed by atoms with van der Waals surface area (Å²) in [4.78, 5) is 11.8. The number of nitrogens with two attached hydrogens (primary N) is 1. The summed E-state index contributed by atoms with van der Waals surface area (Å²) in [7, 11) is -3.63. The number of aromatic nitrogens is 1. The molecular weight excluding hydrogens is 346 g/mol. The van der Waals surface area contributed by atoms with Gasteiger partial charge in [0.1, 0.15) is 12.4 Å². The third-order valence-electron chi connectivity index (χ3n) is 3.97. The lowest BCUT2D eigenvalue weighted by molar-refractivity contribution is 0.0995. The van der Waals surface area contributed by atoms with Crippen LogP contribution in [0, 0.1) is 6.92 Å². The lowest BCUT2D eigenvalue weighted by Gasteiger charge is -2.17. The molecule has 25 heavy (non-hydrogen) atoms. The summed E-state index contributed by atoms with van der Waals surface area (Å²) in [5.41, 5.74) is 6.11. The highest BCUT2D eigenvalue weighted by atomic mass is 32.2. The number of benzene rings is 1. The molecule has 0 aliphatic carbocycles. The Morgan fingerprint density at radius 2 is 2.04 bits per heavy atom. The first-order valence-corrected chi connectivity index (χ1v) is 9.31. The van der Waals surface area contributed by atoms with Gasteiger partial charge in [-0.1, -0.05) is 5.16 Å².